The van der Waals surface area contributed by atoms with Crippen molar-refractivity contribution in [1.82, 2.24) is 5.32 Å². The van der Waals surface area contributed by atoms with Gasteiger partial charge in [0.15, 0.2) is 0 Å². The number of amides is 1. The molecule has 0 radical (unpaired) electrons. The van der Waals surface area contributed by atoms with E-state index in [1.807, 2.05) is 24.3 Å². The van der Waals surface area contributed by atoms with Gasteiger partial charge in [-0.25, -0.2) is 8.42 Å². The average Bonchev–Trinajstić information content (AvgIpc) is 2.74. The molecule has 1 N–H and O–H groups in total. The van der Waals surface area contributed by atoms with Crippen LogP contribution in [0.2, 0.25) is 0 Å². The summed E-state index contributed by atoms with van der Waals surface area (Å²) in [7, 11) is -1.95. The van der Waals surface area contributed by atoms with E-state index in [9.17, 15) is 13.2 Å². The highest BCUT2D eigenvalue weighted by Crippen LogP contribution is 2.23. The van der Waals surface area contributed by atoms with Gasteiger partial charge in [0.05, 0.1) is 25.6 Å². The van der Waals surface area contributed by atoms with Crippen molar-refractivity contribution < 1.29 is 22.7 Å². The van der Waals surface area contributed by atoms with E-state index in [1.165, 1.54) is 17.0 Å². The minimum atomic E-state index is -3.47. The lowest BCUT2D eigenvalue weighted by atomic mass is 10.2. The van der Waals surface area contributed by atoms with Gasteiger partial charge in [-0.2, -0.15) is 0 Å². The van der Waals surface area contributed by atoms with Crippen molar-refractivity contribution in [3.63, 3.8) is 0 Å². The molecule has 0 atom stereocenters. The topological polar surface area (TPSA) is 84.9 Å². The average molecular weight is 435 g/mol. The molecule has 2 rings (SSSR count). The molecule has 0 aliphatic rings. The van der Waals surface area contributed by atoms with Crippen LogP contribution in [0.4, 0.5) is 5.69 Å². The molecule has 0 unspecified atom stereocenters. The number of carbonyl (C=O) groups is 1. The molecule has 0 aliphatic carbocycles. The highest BCUT2D eigenvalue weighted by Gasteiger charge is 2.18. The summed E-state index contributed by atoms with van der Waals surface area (Å²) in [6.07, 6.45) is 2.75. The van der Waals surface area contributed by atoms with Gasteiger partial charge in [-0.3, -0.25) is 9.10 Å². The third-order valence-corrected chi connectivity index (χ3v) is 5.73. The Bertz CT molecular complexity index is 913. The fourth-order valence-electron chi connectivity index (χ4n) is 2.90. The first kappa shape index (κ1) is 23.5. The van der Waals surface area contributed by atoms with Gasteiger partial charge in [-0.05, 0) is 42.7 Å². The van der Waals surface area contributed by atoms with Gasteiger partial charge in [0.2, 0.25) is 15.9 Å². The van der Waals surface area contributed by atoms with E-state index in [0.717, 1.165) is 18.4 Å². The van der Waals surface area contributed by atoms with E-state index in [1.54, 1.807) is 24.3 Å². The van der Waals surface area contributed by atoms with Crippen LogP contribution in [0.1, 0.15) is 25.3 Å². The van der Waals surface area contributed by atoms with Gasteiger partial charge in [0.25, 0.3) is 0 Å². The first-order valence-electron chi connectivity index (χ1n) is 9.93. The minimum Gasteiger partial charge on any atom is -0.497 e. The van der Waals surface area contributed by atoms with Crippen molar-refractivity contribution in [2.45, 2.75) is 26.2 Å². The van der Waals surface area contributed by atoms with E-state index in [2.05, 4.69) is 12.2 Å². The highest BCUT2D eigenvalue weighted by molar-refractivity contribution is 7.92. The number of aryl methyl sites for hydroxylation is 1. The minimum absolute atomic E-state index is 0.140. The number of hydrogen-bond donors (Lipinski definition) is 1. The number of methoxy groups -OCH3 is 1. The Balaban J connectivity index is 1.75. The number of nitrogens with one attached hydrogen (secondary N) is 1. The summed E-state index contributed by atoms with van der Waals surface area (Å²) in [6.45, 7) is 3.06. The summed E-state index contributed by atoms with van der Waals surface area (Å²) in [5.74, 6) is 1.20. The number of benzene rings is 2. The maximum Gasteiger partial charge on any atom is 0.232 e. The number of sulfonamides is 1. The Morgan fingerprint density at radius 3 is 2.47 bits per heavy atom. The summed E-state index contributed by atoms with van der Waals surface area (Å²) in [4.78, 5) is 12.1. The molecule has 2 aromatic rings. The molecule has 30 heavy (non-hydrogen) atoms. The molecular weight excluding hydrogens is 404 g/mol. The number of rotatable bonds is 12. The third-order valence-electron chi connectivity index (χ3n) is 4.53. The smallest absolute Gasteiger partial charge is 0.232 e. The van der Waals surface area contributed by atoms with E-state index < -0.39 is 10.0 Å². The normalized spacial score (nSPS) is 11.0. The van der Waals surface area contributed by atoms with Crippen LogP contribution in [0.5, 0.6) is 11.5 Å². The van der Waals surface area contributed by atoms with Crippen molar-refractivity contribution in [3.8, 4) is 11.5 Å². The van der Waals surface area contributed by atoms with Crippen molar-refractivity contribution in [1.29, 1.82) is 0 Å². The second kappa shape index (κ2) is 11.4. The van der Waals surface area contributed by atoms with Crippen molar-refractivity contribution in [3.05, 3.63) is 54.1 Å². The van der Waals surface area contributed by atoms with Crippen LogP contribution in [0, 0.1) is 0 Å². The largest absolute Gasteiger partial charge is 0.497 e. The second-order valence-electron chi connectivity index (χ2n) is 6.84. The molecule has 164 valence electrons. The molecule has 0 saturated carbocycles. The molecule has 7 nitrogen and oxygen atoms in total. The maximum absolute atomic E-state index is 12.2. The summed E-state index contributed by atoms with van der Waals surface area (Å²) in [5.41, 5.74) is 1.76. The van der Waals surface area contributed by atoms with E-state index in [4.69, 9.17) is 9.47 Å². The zero-order valence-corrected chi connectivity index (χ0v) is 18.6. The molecule has 8 heteroatoms. The SMILES string of the molecule is CCc1ccc(OCCNC(=O)CCCN(c2cccc(OC)c2)S(C)(=O)=O)cc1. The molecule has 0 heterocycles. The lowest BCUT2D eigenvalue weighted by molar-refractivity contribution is -0.121. The number of hydrogen-bond acceptors (Lipinski definition) is 5. The predicted octanol–water partition coefficient (Wildman–Crippen LogP) is 3.00. The van der Waals surface area contributed by atoms with Crippen LogP contribution in [-0.2, 0) is 21.2 Å². The lowest BCUT2D eigenvalue weighted by Gasteiger charge is -2.22. The van der Waals surface area contributed by atoms with Gasteiger partial charge in [-0.15, -0.1) is 0 Å². The number of anilines is 1. The summed E-state index contributed by atoms with van der Waals surface area (Å²) in [6, 6.07) is 14.7. The zero-order chi connectivity index (χ0) is 22.0. The van der Waals surface area contributed by atoms with Gasteiger partial charge in [0, 0.05) is 19.0 Å². The standard InChI is InChI=1S/C22H30N2O5S/c1-4-18-10-12-20(13-11-18)29-16-14-23-22(25)9-6-15-24(30(3,26)27)19-7-5-8-21(17-19)28-2/h5,7-8,10-13,17H,4,6,9,14-16H2,1-3H3,(H,23,25). The van der Waals surface area contributed by atoms with Crippen LogP contribution in [0.25, 0.3) is 0 Å². The number of carbonyl (C=O) groups excluding carboxylic acids is 1. The van der Waals surface area contributed by atoms with E-state index in [-0.39, 0.29) is 18.9 Å². The number of ether oxygens (including phenoxy) is 2. The van der Waals surface area contributed by atoms with Crippen LogP contribution >= 0.6 is 0 Å². The van der Waals surface area contributed by atoms with Gasteiger partial charge in [-0.1, -0.05) is 25.1 Å². The van der Waals surface area contributed by atoms with Gasteiger partial charge in [0.1, 0.15) is 18.1 Å². The summed E-state index contributed by atoms with van der Waals surface area (Å²) in [5, 5.41) is 2.79. The zero-order valence-electron chi connectivity index (χ0n) is 17.8. The monoisotopic (exact) mass is 434 g/mol. The number of nitrogens with zero attached hydrogens (tertiary/aromatic N) is 1. The van der Waals surface area contributed by atoms with Crippen molar-refractivity contribution in [2.24, 2.45) is 0 Å². The van der Waals surface area contributed by atoms with Crippen LogP contribution in [-0.4, -0.2) is 47.4 Å². The van der Waals surface area contributed by atoms with Crippen LogP contribution in [0.15, 0.2) is 48.5 Å². The molecular formula is C22H30N2O5S. The van der Waals surface area contributed by atoms with E-state index in [0.29, 0.717) is 31.0 Å². The molecule has 0 fully saturated rings. The maximum atomic E-state index is 12.2. The third kappa shape index (κ3) is 7.59. The first-order valence-corrected chi connectivity index (χ1v) is 11.8. The summed E-state index contributed by atoms with van der Waals surface area (Å²) >= 11 is 0. The molecule has 0 spiro atoms. The molecule has 0 aliphatic heterocycles. The second-order valence-corrected chi connectivity index (χ2v) is 8.74. The molecule has 1 amide bonds. The molecule has 0 aromatic heterocycles. The molecule has 0 saturated heterocycles. The lowest BCUT2D eigenvalue weighted by Crippen LogP contribution is -2.32. The Morgan fingerprint density at radius 2 is 1.83 bits per heavy atom. The first-order chi connectivity index (χ1) is 14.3. The summed E-state index contributed by atoms with van der Waals surface area (Å²) < 4.78 is 36.4. The van der Waals surface area contributed by atoms with E-state index >= 15 is 0 Å². The Kier molecular flexibility index (Phi) is 8.98. The van der Waals surface area contributed by atoms with Gasteiger partial charge < -0.3 is 14.8 Å². The Hall–Kier alpha value is -2.74. The molecule has 2 aromatic carbocycles. The van der Waals surface area contributed by atoms with Gasteiger partial charge >= 0.3 is 0 Å². The van der Waals surface area contributed by atoms with Crippen LogP contribution in [0.3, 0.4) is 0 Å². The molecule has 0 bridgehead atoms. The Labute approximate surface area is 179 Å². The predicted molar refractivity (Wildman–Crippen MR) is 119 cm³/mol. The Morgan fingerprint density at radius 1 is 1.10 bits per heavy atom. The fraction of sp³-hybridized carbons (Fsp3) is 0.409. The van der Waals surface area contributed by atoms with Crippen molar-refractivity contribution in [2.75, 3.05) is 37.4 Å². The fourth-order valence-corrected chi connectivity index (χ4v) is 3.86. The quantitative estimate of drug-likeness (QED) is 0.519. The van der Waals surface area contributed by atoms with Crippen LogP contribution < -0.4 is 19.1 Å². The van der Waals surface area contributed by atoms with Crippen molar-refractivity contribution >= 4 is 21.6 Å². The highest BCUT2D eigenvalue weighted by atomic mass is 32.2.